The molecule has 0 radical (unpaired) electrons. The van der Waals surface area contributed by atoms with Gasteiger partial charge in [0.15, 0.2) is 0 Å². The molecule has 0 bridgehead atoms. The van der Waals surface area contributed by atoms with E-state index in [1.165, 1.54) is 42.2 Å². The van der Waals surface area contributed by atoms with Gasteiger partial charge in [-0.2, -0.15) is 0 Å². The Hall–Kier alpha value is -0.960. The topological polar surface area (TPSA) is 26.3 Å². The van der Waals surface area contributed by atoms with E-state index in [0.29, 0.717) is 6.61 Å². The van der Waals surface area contributed by atoms with Crippen LogP contribution in [0.25, 0.3) is 0 Å². The summed E-state index contributed by atoms with van der Waals surface area (Å²) in [7, 11) is 0. The van der Waals surface area contributed by atoms with Crippen LogP contribution in [0, 0.1) is 0 Å². The van der Waals surface area contributed by atoms with Crippen LogP contribution in [0.15, 0.2) is 23.1 Å². The number of aryl methyl sites for hydroxylation is 2. The van der Waals surface area contributed by atoms with Crippen LogP contribution >= 0.6 is 11.8 Å². The molecule has 0 fully saturated rings. The lowest BCUT2D eigenvalue weighted by Crippen LogP contribution is -2.02. The molecule has 2 rings (SSSR count). The van der Waals surface area contributed by atoms with Crippen LogP contribution in [0.5, 0.6) is 0 Å². The number of benzene rings is 1. The second-order valence-corrected chi connectivity index (χ2v) is 4.93. The molecule has 1 aliphatic carbocycles. The average Bonchev–Trinajstić information content (AvgIpc) is 2.29. The summed E-state index contributed by atoms with van der Waals surface area (Å²) in [6, 6.07) is 6.30. The van der Waals surface area contributed by atoms with Crippen LogP contribution in [-0.2, 0) is 17.6 Å². The zero-order chi connectivity index (χ0) is 11.4. The summed E-state index contributed by atoms with van der Waals surface area (Å²) < 4.78 is 4.91. The third kappa shape index (κ3) is 2.79. The molecule has 0 N–H and O–H groups in total. The van der Waals surface area contributed by atoms with E-state index in [1.54, 1.807) is 0 Å². The Morgan fingerprint density at radius 2 is 2.06 bits per heavy atom. The van der Waals surface area contributed by atoms with E-state index in [0.717, 1.165) is 11.3 Å². The van der Waals surface area contributed by atoms with Crippen molar-refractivity contribution in [2.45, 2.75) is 37.5 Å². The first kappa shape index (κ1) is 11.5. The standard InChI is InChI=1S/C13H16O2S/c1-2-15-13(14)16-12-8-7-10-5-3-4-6-11(10)9-12/h7-9H,2-6H2,1H3. The Labute approximate surface area is 100 Å². The van der Waals surface area contributed by atoms with Crippen molar-refractivity contribution < 1.29 is 9.53 Å². The zero-order valence-electron chi connectivity index (χ0n) is 9.49. The maximum absolute atomic E-state index is 11.3. The van der Waals surface area contributed by atoms with Crippen LogP contribution in [0.2, 0.25) is 0 Å². The molecule has 0 aromatic heterocycles. The highest BCUT2D eigenvalue weighted by molar-refractivity contribution is 8.13. The summed E-state index contributed by atoms with van der Waals surface area (Å²) in [5, 5.41) is -0.210. The lowest BCUT2D eigenvalue weighted by Gasteiger charge is -2.15. The van der Waals surface area contributed by atoms with Gasteiger partial charge in [-0.15, -0.1) is 0 Å². The van der Waals surface area contributed by atoms with Gasteiger partial charge in [0.1, 0.15) is 0 Å². The van der Waals surface area contributed by atoms with Crippen LogP contribution in [0.1, 0.15) is 30.9 Å². The van der Waals surface area contributed by atoms with Gasteiger partial charge in [0, 0.05) is 4.90 Å². The van der Waals surface area contributed by atoms with Crippen molar-refractivity contribution in [3.05, 3.63) is 29.3 Å². The van der Waals surface area contributed by atoms with E-state index in [4.69, 9.17) is 4.74 Å². The molecular formula is C13H16O2S. The van der Waals surface area contributed by atoms with E-state index < -0.39 is 0 Å². The van der Waals surface area contributed by atoms with E-state index in [-0.39, 0.29) is 5.30 Å². The molecule has 1 aromatic carbocycles. The molecule has 86 valence electrons. The quantitative estimate of drug-likeness (QED) is 0.577. The highest BCUT2D eigenvalue weighted by Gasteiger charge is 2.11. The van der Waals surface area contributed by atoms with Gasteiger partial charge in [-0.1, -0.05) is 6.07 Å². The first-order valence-corrected chi connectivity index (χ1v) is 6.57. The molecule has 2 nitrogen and oxygen atoms in total. The smallest absolute Gasteiger partial charge is 0.372 e. The molecule has 1 aromatic rings. The average molecular weight is 236 g/mol. The first-order valence-electron chi connectivity index (χ1n) is 5.76. The van der Waals surface area contributed by atoms with Crippen molar-refractivity contribution in [1.82, 2.24) is 0 Å². The third-order valence-electron chi connectivity index (χ3n) is 2.78. The van der Waals surface area contributed by atoms with Crippen molar-refractivity contribution in [2.75, 3.05) is 6.61 Å². The molecule has 3 heteroatoms. The molecule has 0 spiro atoms. The van der Waals surface area contributed by atoms with Gasteiger partial charge in [0.05, 0.1) is 6.61 Å². The fourth-order valence-electron chi connectivity index (χ4n) is 2.02. The molecule has 16 heavy (non-hydrogen) atoms. The normalized spacial score (nSPS) is 14.3. The van der Waals surface area contributed by atoms with Crippen LogP contribution in [0.4, 0.5) is 4.79 Å². The van der Waals surface area contributed by atoms with Crippen LogP contribution in [0.3, 0.4) is 0 Å². The van der Waals surface area contributed by atoms with Gasteiger partial charge >= 0.3 is 5.30 Å². The Bertz CT molecular complexity index is 388. The summed E-state index contributed by atoms with van der Waals surface area (Å²) in [5.74, 6) is 0. The van der Waals surface area contributed by atoms with E-state index in [2.05, 4.69) is 12.1 Å². The van der Waals surface area contributed by atoms with Gasteiger partial charge in [0.25, 0.3) is 0 Å². The van der Waals surface area contributed by atoms with Gasteiger partial charge in [-0.05, 0) is 67.6 Å². The Morgan fingerprint density at radius 3 is 2.81 bits per heavy atom. The second-order valence-electron chi connectivity index (χ2n) is 3.92. The zero-order valence-corrected chi connectivity index (χ0v) is 10.3. The Kier molecular flexibility index (Phi) is 3.88. The molecule has 1 aliphatic rings. The largest absolute Gasteiger partial charge is 0.458 e. The summed E-state index contributed by atoms with van der Waals surface area (Å²) in [5.41, 5.74) is 2.85. The van der Waals surface area contributed by atoms with Gasteiger partial charge < -0.3 is 4.74 Å². The summed E-state index contributed by atoms with van der Waals surface area (Å²) >= 11 is 1.18. The fourth-order valence-corrected chi connectivity index (χ4v) is 2.72. The third-order valence-corrected chi connectivity index (χ3v) is 3.56. The maximum Gasteiger partial charge on any atom is 0.372 e. The second kappa shape index (κ2) is 5.39. The Morgan fingerprint density at radius 1 is 1.31 bits per heavy atom. The summed E-state index contributed by atoms with van der Waals surface area (Å²) in [6.45, 7) is 2.27. The summed E-state index contributed by atoms with van der Waals surface area (Å²) in [4.78, 5) is 12.3. The number of rotatable bonds is 2. The number of carbonyl (C=O) groups is 1. The van der Waals surface area contributed by atoms with E-state index >= 15 is 0 Å². The summed E-state index contributed by atoms with van der Waals surface area (Å²) in [6.07, 6.45) is 4.88. The number of ether oxygens (including phenoxy) is 1. The monoisotopic (exact) mass is 236 g/mol. The minimum atomic E-state index is -0.210. The highest BCUT2D eigenvalue weighted by atomic mass is 32.2. The predicted octanol–water partition coefficient (Wildman–Crippen LogP) is 3.81. The van der Waals surface area contributed by atoms with Crippen molar-refractivity contribution in [2.24, 2.45) is 0 Å². The number of fused-ring (bicyclic) bond motifs is 1. The maximum atomic E-state index is 11.3. The first-order chi connectivity index (χ1) is 7.79. The van der Waals surface area contributed by atoms with Crippen molar-refractivity contribution in [1.29, 1.82) is 0 Å². The number of thioether (sulfide) groups is 1. The molecular weight excluding hydrogens is 220 g/mol. The SMILES string of the molecule is CCOC(=O)Sc1ccc2c(c1)CCCC2. The molecule has 0 unspecified atom stereocenters. The lowest BCUT2D eigenvalue weighted by atomic mass is 9.92. The highest BCUT2D eigenvalue weighted by Crippen LogP contribution is 2.27. The van der Waals surface area contributed by atoms with Crippen LogP contribution in [-0.4, -0.2) is 11.9 Å². The molecule has 0 atom stereocenters. The van der Waals surface area contributed by atoms with Gasteiger partial charge in [-0.3, -0.25) is 0 Å². The fraction of sp³-hybridized carbons (Fsp3) is 0.462. The lowest BCUT2D eigenvalue weighted by molar-refractivity contribution is 0.181. The molecule has 0 aliphatic heterocycles. The number of carbonyl (C=O) groups excluding carboxylic acids is 1. The molecule has 0 amide bonds. The number of hydrogen-bond donors (Lipinski definition) is 0. The van der Waals surface area contributed by atoms with Crippen LogP contribution < -0.4 is 0 Å². The van der Waals surface area contributed by atoms with Gasteiger partial charge in [-0.25, -0.2) is 4.79 Å². The van der Waals surface area contributed by atoms with Crippen molar-refractivity contribution >= 4 is 17.1 Å². The minimum Gasteiger partial charge on any atom is -0.458 e. The van der Waals surface area contributed by atoms with E-state index in [9.17, 15) is 4.79 Å². The van der Waals surface area contributed by atoms with Gasteiger partial charge in [0.2, 0.25) is 0 Å². The van der Waals surface area contributed by atoms with Crippen molar-refractivity contribution in [3.63, 3.8) is 0 Å². The van der Waals surface area contributed by atoms with Crippen molar-refractivity contribution in [3.8, 4) is 0 Å². The molecule has 0 heterocycles. The Balaban J connectivity index is 2.08. The van der Waals surface area contributed by atoms with E-state index in [1.807, 2.05) is 13.0 Å². The number of hydrogen-bond acceptors (Lipinski definition) is 3. The predicted molar refractivity (Wildman–Crippen MR) is 66.0 cm³/mol. The molecule has 0 saturated carbocycles. The minimum absolute atomic E-state index is 0.210. The molecule has 0 saturated heterocycles.